The molecule has 0 saturated heterocycles. The summed E-state index contributed by atoms with van der Waals surface area (Å²) in [6.07, 6.45) is 1.56. The number of fused-ring (bicyclic) bond motifs is 1. The number of nitrogens with zero attached hydrogens (tertiary/aromatic N) is 1. The van der Waals surface area contributed by atoms with Gasteiger partial charge in [0.15, 0.2) is 0 Å². The first-order chi connectivity index (χ1) is 10.8. The maximum atomic E-state index is 13.9. The number of alkyl halides is 2. The van der Waals surface area contributed by atoms with Gasteiger partial charge in [-0.05, 0) is 0 Å². The minimum atomic E-state index is -3.51. The molecule has 2 aliphatic rings. The van der Waals surface area contributed by atoms with Crippen LogP contribution in [0.15, 0.2) is 48.1 Å². The number of carbonyl (C=O) groups is 2. The van der Waals surface area contributed by atoms with Gasteiger partial charge in [-0.25, -0.2) is 0 Å². The van der Waals surface area contributed by atoms with Crippen LogP contribution in [0.1, 0.15) is 12.0 Å². The van der Waals surface area contributed by atoms with Gasteiger partial charge in [0.1, 0.15) is 0 Å². The van der Waals surface area contributed by atoms with Crippen LogP contribution in [0.3, 0.4) is 0 Å². The fraction of sp³-hybridized carbons (Fsp3) is 0.235. The van der Waals surface area contributed by atoms with Crippen LogP contribution in [0.5, 0.6) is 0 Å². The summed E-state index contributed by atoms with van der Waals surface area (Å²) in [6.45, 7) is 4.15. The van der Waals surface area contributed by atoms with E-state index in [1.165, 1.54) is 0 Å². The average Bonchev–Trinajstić information content (AvgIpc) is 3.01. The SMILES string of the molecule is C=C(/C=C1\[C](=[W])CC(=O)C1(F)F)C(=O)N1CCc2ccccc21. The van der Waals surface area contributed by atoms with Crippen molar-refractivity contribution in [2.24, 2.45) is 0 Å². The molecule has 0 spiro atoms. The molecular weight excluding hydrogens is 472 g/mol. The molecule has 3 nitrogen and oxygen atoms in total. The minimum absolute atomic E-state index is 0.0233. The van der Waals surface area contributed by atoms with Crippen LogP contribution < -0.4 is 4.90 Å². The van der Waals surface area contributed by atoms with Crippen LogP contribution in [0.2, 0.25) is 0 Å². The van der Waals surface area contributed by atoms with Crippen molar-refractivity contribution in [2.75, 3.05) is 11.4 Å². The van der Waals surface area contributed by atoms with Gasteiger partial charge in [-0.3, -0.25) is 0 Å². The molecule has 1 aliphatic heterocycles. The molecule has 1 amide bonds. The Morgan fingerprint density at radius 3 is 2.70 bits per heavy atom. The van der Waals surface area contributed by atoms with Gasteiger partial charge >= 0.3 is 143 Å². The second-order valence-corrected chi connectivity index (χ2v) is 7.29. The third-order valence-electron chi connectivity index (χ3n) is 4.04. The number of anilines is 1. The van der Waals surface area contributed by atoms with Gasteiger partial charge in [0, 0.05) is 0 Å². The Labute approximate surface area is 143 Å². The molecule has 0 unspecified atom stereocenters. The quantitative estimate of drug-likeness (QED) is 0.604. The second kappa shape index (κ2) is 5.72. The molecule has 1 fully saturated rings. The Bertz CT molecular complexity index is 783. The number of benzene rings is 1. The van der Waals surface area contributed by atoms with Crippen LogP contribution >= 0.6 is 0 Å². The number of ketones is 1. The van der Waals surface area contributed by atoms with E-state index in [2.05, 4.69) is 6.58 Å². The molecule has 1 aromatic carbocycles. The van der Waals surface area contributed by atoms with E-state index in [1.54, 1.807) is 4.90 Å². The monoisotopic (exact) mass is 485 g/mol. The third kappa shape index (κ3) is 2.67. The summed E-state index contributed by atoms with van der Waals surface area (Å²) in [7, 11) is 0. The number of para-hydroxylation sites is 1. The zero-order valence-corrected chi connectivity index (χ0v) is 15.1. The summed E-state index contributed by atoms with van der Waals surface area (Å²) in [5, 5.41) is 0. The molecule has 0 aromatic heterocycles. The maximum absolute atomic E-state index is 13.9. The first-order valence-electron chi connectivity index (χ1n) is 7.07. The average molecular weight is 485 g/mol. The van der Waals surface area contributed by atoms with E-state index in [1.807, 2.05) is 24.3 Å². The number of hydrogen-bond donors (Lipinski definition) is 0. The summed E-state index contributed by atoms with van der Waals surface area (Å²) in [5.74, 6) is -5.02. The topological polar surface area (TPSA) is 37.4 Å². The molecule has 0 radical (unpaired) electrons. The van der Waals surface area contributed by atoms with Crippen LogP contribution in [0, 0.1) is 0 Å². The van der Waals surface area contributed by atoms with Crippen LogP contribution in [0.25, 0.3) is 0 Å². The number of halogens is 2. The molecule has 0 bridgehead atoms. The van der Waals surface area contributed by atoms with E-state index in [9.17, 15) is 18.4 Å². The molecule has 1 aromatic rings. The summed E-state index contributed by atoms with van der Waals surface area (Å²) in [4.78, 5) is 25.5. The van der Waals surface area contributed by atoms with Crippen LogP contribution in [0.4, 0.5) is 14.5 Å². The fourth-order valence-corrected chi connectivity index (χ4v) is 3.95. The number of carbonyl (C=O) groups excluding carboxylic acids is 2. The predicted molar refractivity (Wildman–Crippen MR) is 79.3 cm³/mol. The van der Waals surface area contributed by atoms with E-state index >= 15 is 0 Å². The van der Waals surface area contributed by atoms with Gasteiger partial charge in [0.05, 0.1) is 0 Å². The van der Waals surface area contributed by atoms with E-state index < -0.39 is 17.6 Å². The Hall–Kier alpha value is -1.74. The molecule has 118 valence electrons. The van der Waals surface area contributed by atoms with Gasteiger partial charge in [0.25, 0.3) is 0 Å². The Morgan fingerprint density at radius 1 is 1.35 bits per heavy atom. The van der Waals surface area contributed by atoms with Crippen molar-refractivity contribution >= 4 is 21.3 Å². The van der Waals surface area contributed by atoms with Crippen LogP contribution in [-0.4, -0.2) is 28.1 Å². The van der Waals surface area contributed by atoms with Crippen molar-refractivity contribution in [1.29, 1.82) is 0 Å². The van der Waals surface area contributed by atoms with Gasteiger partial charge in [0.2, 0.25) is 0 Å². The van der Waals surface area contributed by atoms with E-state index in [0.29, 0.717) is 10.4 Å². The fourth-order valence-electron chi connectivity index (χ4n) is 2.81. The third-order valence-corrected chi connectivity index (χ3v) is 5.34. The Morgan fingerprint density at radius 2 is 2.04 bits per heavy atom. The molecule has 1 saturated carbocycles. The first-order valence-corrected chi connectivity index (χ1v) is 8.54. The van der Waals surface area contributed by atoms with Crippen LogP contribution in [-0.2, 0) is 35.4 Å². The van der Waals surface area contributed by atoms with E-state index in [-0.39, 0.29) is 17.6 Å². The second-order valence-electron chi connectivity index (χ2n) is 5.52. The molecule has 0 N–H and O–H groups in total. The summed E-state index contributed by atoms with van der Waals surface area (Å²) in [5.41, 5.74) is 1.46. The zero-order valence-electron chi connectivity index (χ0n) is 12.1. The summed E-state index contributed by atoms with van der Waals surface area (Å²) in [6, 6.07) is 7.50. The van der Waals surface area contributed by atoms with Gasteiger partial charge < -0.3 is 0 Å². The van der Waals surface area contributed by atoms with Crippen molar-refractivity contribution in [2.45, 2.75) is 18.8 Å². The molecular formula is C17H13F2NO2W. The molecule has 1 aliphatic carbocycles. The van der Waals surface area contributed by atoms with E-state index in [0.717, 1.165) is 43.1 Å². The van der Waals surface area contributed by atoms with Gasteiger partial charge in [-0.15, -0.1) is 0 Å². The Kier molecular flexibility index (Phi) is 4.01. The van der Waals surface area contributed by atoms with Gasteiger partial charge in [-0.1, -0.05) is 0 Å². The van der Waals surface area contributed by atoms with Crippen molar-refractivity contribution in [3.8, 4) is 0 Å². The predicted octanol–water partition coefficient (Wildman–Crippen LogP) is 2.39. The number of allylic oxidation sites excluding steroid dienone is 1. The van der Waals surface area contributed by atoms with Gasteiger partial charge in [-0.2, -0.15) is 0 Å². The van der Waals surface area contributed by atoms with Crippen molar-refractivity contribution in [3.05, 3.63) is 53.6 Å². The number of rotatable bonds is 2. The zero-order chi connectivity index (χ0) is 16.8. The molecule has 23 heavy (non-hydrogen) atoms. The van der Waals surface area contributed by atoms with Crippen molar-refractivity contribution in [3.63, 3.8) is 0 Å². The number of amides is 1. The number of hydrogen-bond acceptors (Lipinski definition) is 2. The van der Waals surface area contributed by atoms with E-state index in [4.69, 9.17) is 0 Å². The normalized spacial score (nSPS) is 21.0. The summed E-state index contributed by atoms with van der Waals surface area (Å²) < 4.78 is 28.2. The molecule has 6 heteroatoms. The molecule has 0 atom stereocenters. The number of Topliss-reactive ketones (excluding diaryl/α,β-unsaturated/α-hetero) is 1. The summed E-state index contributed by atoms with van der Waals surface area (Å²) >= 11 is 0.809. The molecule has 3 rings (SSSR count). The van der Waals surface area contributed by atoms with Crippen molar-refractivity contribution in [1.82, 2.24) is 0 Å². The van der Waals surface area contributed by atoms with Crippen molar-refractivity contribution < 1.29 is 37.7 Å². The standard InChI is InChI=1S/C17H13F2NO2.W/c1-11(10-13-6-7-15(21)17(13,18)19)16(22)20-9-8-12-4-2-3-5-14(12)20;/h2-5,10H,1,7-9H2;/b13-10+;. The Balaban J connectivity index is 1.87. The molecule has 1 heterocycles. The first kappa shape index (κ1) is 16.1.